The highest BCUT2D eigenvalue weighted by atomic mass is 35.5. The minimum absolute atomic E-state index is 0.157. The van der Waals surface area contributed by atoms with Crippen LogP contribution in [0, 0.1) is 0 Å². The summed E-state index contributed by atoms with van der Waals surface area (Å²) < 4.78 is 1.99. The van der Waals surface area contributed by atoms with Crippen LogP contribution in [0.1, 0.15) is 16.8 Å². The van der Waals surface area contributed by atoms with Crippen molar-refractivity contribution < 1.29 is 9.59 Å². The van der Waals surface area contributed by atoms with Crippen LogP contribution in [0.15, 0.2) is 79.1 Å². The molecule has 0 aliphatic rings. The lowest BCUT2D eigenvalue weighted by molar-refractivity contribution is -0.116. The molecule has 0 radical (unpaired) electrons. The number of aromatic nitrogens is 2. The Morgan fingerprint density at radius 1 is 0.933 bits per heavy atom. The first kappa shape index (κ1) is 19.7. The highest BCUT2D eigenvalue weighted by molar-refractivity contribution is 6.33. The van der Waals surface area contributed by atoms with Crippen LogP contribution in [0.5, 0.6) is 0 Å². The van der Waals surface area contributed by atoms with E-state index in [2.05, 4.69) is 15.6 Å². The molecule has 0 bridgehead atoms. The summed E-state index contributed by atoms with van der Waals surface area (Å²) in [4.78, 5) is 28.7. The minimum atomic E-state index is -0.301. The van der Waals surface area contributed by atoms with Gasteiger partial charge in [-0.05, 0) is 48.5 Å². The Balaban J connectivity index is 1.32. The van der Waals surface area contributed by atoms with E-state index >= 15 is 0 Å². The summed E-state index contributed by atoms with van der Waals surface area (Å²) in [5.74, 6) is -0.486. The van der Waals surface area contributed by atoms with Crippen molar-refractivity contribution in [2.75, 3.05) is 11.9 Å². The molecule has 0 saturated heterocycles. The van der Waals surface area contributed by atoms with Crippen molar-refractivity contribution >= 4 is 40.1 Å². The first-order valence-corrected chi connectivity index (χ1v) is 9.85. The lowest BCUT2D eigenvalue weighted by Crippen LogP contribution is -2.27. The smallest absolute Gasteiger partial charge is 0.252 e. The van der Waals surface area contributed by atoms with Crippen LogP contribution in [0.2, 0.25) is 5.02 Å². The van der Waals surface area contributed by atoms with Gasteiger partial charge < -0.3 is 10.6 Å². The van der Waals surface area contributed by atoms with Crippen molar-refractivity contribution in [2.24, 2.45) is 0 Å². The fourth-order valence-electron chi connectivity index (χ4n) is 3.12. The molecule has 7 heteroatoms. The molecule has 2 amide bonds. The summed E-state index contributed by atoms with van der Waals surface area (Å²) in [5.41, 5.74) is 3.97. The van der Waals surface area contributed by atoms with Gasteiger partial charge in [0.2, 0.25) is 5.91 Å². The number of imidazole rings is 1. The molecule has 0 atom stereocenters. The molecule has 6 nitrogen and oxygen atoms in total. The Hall–Kier alpha value is -3.64. The van der Waals surface area contributed by atoms with Crippen molar-refractivity contribution in [2.45, 2.75) is 6.42 Å². The average molecular weight is 419 g/mol. The maximum Gasteiger partial charge on any atom is 0.252 e. The zero-order valence-electron chi connectivity index (χ0n) is 16.0. The van der Waals surface area contributed by atoms with Crippen LogP contribution in [0.4, 0.5) is 5.69 Å². The molecular formula is C23H19ClN4O2. The molecule has 0 aliphatic heterocycles. The van der Waals surface area contributed by atoms with Crippen molar-refractivity contribution in [1.29, 1.82) is 0 Å². The summed E-state index contributed by atoms with van der Waals surface area (Å²) in [6.07, 6.45) is 1.93. The Kier molecular flexibility index (Phi) is 5.77. The largest absolute Gasteiger partial charge is 0.351 e. The van der Waals surface area contributed by atoms with Crippen LogP contribution >= 0.6 is 11.6 Å². The van der Waals surface area contributed by atoms with Gasteiger partial charge in [0.15, 0.2) is 0 Å². The number of hydrogen-bond acceptors (Lipinski definition) is 3. The van der Waals surface area contributed by atoms with Gasteiger partial charge in [-0.15, -0.1) is 0 Å². The topological polar surface area (TPSA) is 76.0 Å². The lowest BCUT2D eigenvalue weighted by Gasteiger charge is -2.09. The number of nitrogens with one attached hydrogen (secondary N) is 2. The summed E-state index contributed by atoms with van der Waals surface area (Å²) in [5, 5.41) is 5.92. The normalized spacial score (nSPS) is 10.7. The van der Waals surface area contributed by atoms with Crippen LogP contribution < -0.4 is 10.6 Å². The summed E-state index contributed by atoms with van der Waals surface area (Å²) in [7, 11) is 0. The number of carbonyl (C=O) groups excluding carboxylic acids is 2. The predicted molar refractivity (Wildman–Crippen MR) is 118 cm³/mol. The third-order valence-corrected chi connectivity index (χ3v) is 4.97. The number of carbonyl (C=O) groups is 2. The maximum atomic E-state index is 12.2. The maximum absolute atomic E-state index is 12.2. The number of benzene rings is 3. The fraction of sp³-hybridized carbons (Fsp3) is 0.0870. The molecule has 3 aromatic carbocycles. The van der Waals surface area contributed by atoms with Crippen LogP contribution in [-0.2, 0) is 4.79 Å². The molecule has 0 spiro atoms. The monoisotopic (exact) mass is 418 g/mol. The zero-order chi connectivity index (χ0) is 20.9. The number of anilines is 1. The Labute approximate surface area is 178 Å². The van der Waals surface area contributed by atoms with E-state index in [9.17, 15) is 9.59 Å². The van der Waals surface area contributed by atoms with Gasteiger partial charge in [0.1, 0.15) is 6.33 Å². The second-order valence-corrected chi connectivity index (χ2v) is 7.09. The van der Waals surface area contributed by atoms with Gasteiger partial charge in [0.05, 0.1) is 21.6 Å². The van der Waals surface area contributed by atoms with E-state index in [1.165, 1.54) is 0 Å². The average Bonchev–Trinajstić information content (AvgIpc) is 3.19. The number of halogens is 1. The molecule has 2 N–H and O–H groups in total. The third kappa shape index (κ3) is 4.34. The highest BCUT2D eigenvalue weighted by Crippen LogP contribution is 2.19. The lowest BCUT2D eigenvalue weighted by atomic mass is 10.2. The predicted octanol–water partition coefficient (Wildman–Crippen LogP) is 4.44. The highest BCUT2D eigenvalue weighted by Gasteiger charge is 2.10. The molecule has 4 aromatic rings. The van der Waals surface area contributed by atoms with Gasteiger partial charge in [-0.1, -0.05) is 35.9 Å². The van der Waals surface area contributed by atoms with Crippen molar-refractivity contribution in [3.8, 4) is 5.69 Å². The SMILES string of the molecule is O=C(CCNC(=O)c1ccccc1Cl)Nc1ccc(-n2cnc3ccccc32)cc1. The Morgan fingerprint density at radius 3 is 2.47 bits per heavy atom. The van der Waals surface area contributed by atoms with E-state index in [1.807, 2.05) is 53.1 Å². The molecule has 0 saturated carbocycles. The molecule has 150 valence electrons. The van der Waals surface area contributed by atoms with Crippen LogP contribution in [0.3, 0.4) is 0 Å². The summed E-state index contributed by atoms with van der Waals surface area (Å²) >= 11 is 6.00. The van der Waals surface area contributed by atoms with E-state index in [-0.39, 0.29) is 24.8 Å². The first-order valence-electron chi connectivity index (χ1n) is 9.47. The fourth-order valence-corrected chi connectivity index (χ4v) is 3.35. The Morgan fingerprint density at radius 2 is 1.67 bits per heavy atom. The molecule has 0 aliphatic carbocycles. The molecule has 4 rings (SSSR count). The van der Waals surface area contributed by atoms with Gasteiger partial charge in [-0.25, -0.2) is 4.98 Å². The van der Waals surface area contributed by atoms with Crippen molar-refractivity contribution in [3.05, 3.63) is 89.7 Å². The van der Waals surface area contributed by atoms with E-state index in [4.69, 9.17) is 11.6 Å². The molecule has 1 aromatic heterocycles. The van der Waals surface area contributed by atoms with Crippen LogP contribution in [-0.4, -0.2) is 27.9 Å². The van der Waals surface area contributed by atoms with Gasteiger partial charge in [0.25, 0.3) is 5.91 Å². The second-order valence-electron chi connectivity index (χ2n) is 6.68. The van der Waals surface area contributed by atoms with E-state index < -0.39 is 0 Å². The summed E-state index contributed by atoms with van der Waals surface area (Å²) in [6.45, 7) is 0.217. The van der Waals surface area contributed by atoms with Crippen LogP contribution in [0.25, 0.3) is 16.7 Å². The van der Waals surface area contributed by atoms with E-state index in [0.29, 0.717) is 16.3 Å². The second kappa shape index (κ2) is 8.80. The number of fused-ring (bicyclic) bond motifs is 1. The minimum Gasteiger partial charge on any atom is -0.351 e. The first-order chi connectivity index (χ1) is 14.6. The van der Waals surface area contributed by atoms with Gasteiger partial charge in [-0.2, -0.15) is 0 Å². The van der Waals surface area contributed by atoms with Gasteiger partial charge in [-0.3, -0.25) is 14.2 Å². The number of para-hydroxylation sites is 2. The van der Waals surface area contributed by atoms with Crippen molar-refractivity contribution in [1.82, 2.24) is 14.9 Å². The number of hydrogen-bond donors (Lipinski definition) is 2. The third-order valence-electron chi connectivity index (χ3n) is 4.64. The molecular weight excluding hydrogens is 400 g/mol. The molecule has 0 fully saturated rings. The number of nitrogens with zero attached hydrogens (tertiary/aromatic N) is 2. The standard InChI is InChI=1S/C23H19ClN4O2/c24-19-6-2-1-5-18(19)23(30)25-14-13-22(29)27-16-9-11-17(12-10-16)28-15-26-20-7-3-4-8-21(20)28/h1-12,15H,13-14H2,(H,25,30)(H,27,29). The Bertz CT molecular complexity index is 1200. The van der Waals surface area contributed by atoms with E-state index in [1.54, 1.807) is 30.6 Å². The quantitative estimate of drug-likeness (QED) is 0.486. The van der Waals surface area contributed by atoms with E-state index in [0.717, 1.165) is 16.7 Å². The molecule has 0 unspecified atom stereocenters. The molecule has 30 heavy (non-hydrogen) atoms. The number of amides is 2. The number of rotatable bonds is 6. The van der Waals surface area contributed by atoms with Gasteiger partial charge in [0, 0.05) is 24.3 Å². The zero-order valence-corrected chi connectivity index (χ0v) is 16.8. The van der Waals surface area contributed by atoms with Crippen molar-refractivity contribution in [3.63, 3.8) is 0 Å². The van der Waals surface area contributed by atoms with Gasteiger partial charge >= 0.3 is 0 Å². The molecule has 1 heterocycles. The summed E-state index contributed by atoms with van der Waals surface area (Å²) in [6, 6.07) is 22.2.